The summed E-state index contributed by atoms with van der Waals surface area (Å²) in [5, 5.41) is 11.8. The van der Waals surface area contributed by atoms with Crippen molar-refractivity contribution in [3.63, 3.8) is 0 Å². The summed E-state index contributed by atoms with van der Waals surface area (Å²) in [6.07, 6.45) is 0. The Balaban J connectivity index is 1.76. The molecule has 0 saturated carbocycles. The first kappa shape index (κ1) is 14.7. The maximum absolute atomic E-state index is 9.95. The average Bonchev–Trinajstić information content (AvgIpc) is 3.09. The molecule has 0 atom stereocenters. The first-order valence-electron chi connectivity index (χ1n) is 7.71. The fourth-order valence-electron chi connectivity index (χ4n) is 2.70. The molecule has 2 heterocycles. The summed E-state index contributed by atoms with van der Waals surface area (Å²) >= 11 is 1.54. The van der Waals surface area contributed by atoms with Gasteiger partial charge in [0.05, 0.1) is 16.3 Å². The van der Waals surface area contributed by atoms with Crippen LogP contribution >= 0.6 is 11.3 Å². The number of pyridine rings is 1. The van der Waals surface area contributed by atoms with Crippen molar-refractivity contribution in [3.05, 3.63) is 84.2 Å². The fourth-order valence-corrected chi connectivity index (χ4v) is 3.49. The second kappa shape index (κ2) is 6.30. The highest BCUT2D eigenvalue weighted by atomic mass is 32.1. The molecule has 3 heteroatoms. The molecule has 2 aromatic carbocycles. The van der Waals surface area contributed by atoms with E-state index in [1.165, 1.54) is 11.3 Å². The third-order valence-electron chi connectivity index (χ3n) is 3.88. The van der Waals surface area contributed by atoms with E-state index in [2.05, 4.69) is 18.2 Å². The van der Waals surface area contributed by atoms with Crippen LogP contribution in [0.15, 0.2) is 84.2 Å². The predicted molar refractivity (Wildman–Crippen MR) is 100 cm³/mol. The monoisotopic (exact) mass is 329 g/mol. The van der Waals surface area contributed by atoms with E-state index in [1.807, 2.05) is 60.0 Å². The molecule has 0 fully saturated rings. The summed E-state index contributed by atoms with van der Waals surface area (Å²) < 4.78 is 0. The van der Waals surface area contributed by atoms with Crippen molar-refractivity contribution in [2.75, 3.05) is 0 Å². The molecule has 0 aliphatic rings. The summed E-state index contributed by atoms with van der Waals surface area (Å²) in [5.41, 5.74) is 5.03. The molecule has 0 unspecified atom stereocenters. The highest BCUT2D eigenvalue weighted by Crippen LogP contribution is 2.36. The van der Waals surface area contributed by atoms with Crippen molar-refractivity contribution >= 4 is 11.3 Å². The lowest BCUT2D eigenvalue weighted by atomic mass is 10.0. The van der Waals surface area contributed by atoms with Gasteiger partial charge < -0.3 is 5.11 Å². The Morgan fingerprint density at radius 1 is 0.667 bits per heavy atom. The predicted octanol–water partition coefficient (Wildman–Crippen LogP) is 5.85. The van der Waals surface area contributed by atoms with Gasteiger partial charge in [0.1, 0.15) is 5.75 Å². The molecule has 0 saturated heterocycles. The lowest BCUT2D eigenvalue weighted by Crippen LogP contribution is -1.88. The summed E-state index contributed by atoms with van der Waals surface area (Å²) in [6.45, 7) is 0. The van der Waals surface area contributed by atoms with Gasteiger partial charge in [0.25, 0.3) is 0 Å². The minimum Gasteiger partial charge on any atom is -0.506 e. The van der Waals surface area contributed by atoms with E-state index in [-0.39, 0.29) is 0 Å². The first-order valence-corrected chi connectivity index (χ1v) is 8.59. The molecule has 0 aliphatic carbocycles. The topological polar surface area (TPSA) is 33.1 Å². The first-order chi connectivity index (χ1) is 11.8. The Kier molecular flexibility index (Phi) is 3.85. The summed E-state index contributed by atoms with van der Waals surface area (Å²) in [5.74, 6) is 0.322. The molecule has 4 rings (SSSR count). The zero-order valence-electron chi connectivity index (χ0n) is 12.9. The second-order valence-electron chi connectivity index (χ2n) is 5.49. The summed E-state index contributed by atoms with van der Waals surface area (Å²) in [4.78, 5) is 5.68. The lowest BCUT2D eigenvalue weighted by Gasteiger charge is -2.07. The number of thiophene rings is 1. The lowest BCUT2D eigenvalue weighted by molar-refractivity contribution is 0.479. The van der Waals surface area contributed by atoms with E-state index in [0.29, 0.717) is 5.75 Å². The van der Waals surface area contributed by atoms with Crippen LogP contribution in [0.5, 0.6) is 5.75 Å². The zero-order chi connectivity index (χ0) is 16.4. The van der Waals surface area contributed by atoms with Crippen molar-refractivity contribution < 1.29 is 5.11 Å². The Bertz CT molecular complexity index is 976. The summed E-state index contributed by atoms with van der Waals surface area (Å²) in [6, 6.07) is 26.1. The zero-order valence-corrected chi connectivity index (χ0v) is 13.7. The largest absolute Gasteiger partial charge is 0.506 e. The van der Waals surface area contributed by atoms with Gasteiger partial charge in [-0.3, -0.25) is 0 Å². The van der Waals surface area contributed by atoms with Crippen molar-refractivity contribution in [2.24, 2.45) is 0 Å². The van der Waals surface area contributed by atoms with Crippen molar-refractivity contribution in [1.82, 2.24) is 4.98 Å². The van der Waals surface area contributed by atoms with Gasteiger partial charge in [-0.05, 0) is 35.2 Å². The molecule has 2 nitrogen and oxygen atoms in total. The van der Waals surface area contributed by atoms with Gasteiger partial charge >= 0.3 is 0 Å². The van der Waals surface area contributed by atoms with Crippen molar-refractivity contribution in [2.45, 2.75) is 0 Å². The number of aromatic hydroxyl groups is 1. The van der Waals surface area contributed by atoms with Crippen molar-refractivity contribution in [1.29, 1.82) is 0 Å². The molecule has 4 aromatic rings. The smallest absolute Gasteiger partial charge is 0.134 e. The van der Waals surface area contributed by atoms with Gasteiger partial charge in [0.2, 0.25) is 0 Å². The highest BCUT2D eigenvalue weighted by Gasteiger charge is 2.08. The average molecular weight is 329 g/mol. The van der Waals surface area contributed by atoms with Gasteiger partial charge in [0.15, 0.2) is 0 Å². The standard InChI is InChI=1S/C21H15NOS/c23-20-12-13-24-21(20)17-9-4-8-16(14-17)19-11-5-10-18(22-19)15-6-2-1-3-7-15/h1-14,23H. The van der Waals surface area contributed by atoms with Gasteiger partial charge in [-0.1, -0.05) is 54.6 Å². The molecule has 2 aromatic heterocycles. The number of nitrogens with zero attached hydrogens (tertiary/aromatic N) is 1. The number of hydrogen-bond donors (Lipinski definition) is 1. The quantitative estimate of drug-likeness (QED) is 0.511. The van der Waals surface area contributed by atoms with Crippen LogP contribution in [0.2, 0.25) is 0 Å². The number of benzene rings is 2. The van der Waals surface area contributed by atoms with Gasteiger partial charge in [-0.25, -0.2) is 4.98 Å². The molecule has 0 radical (unpaired) electrons. The molecule has 0 bridgehead atoms. The molecule has 1 N–H and O–H groups in total. The minimum atomic E-state index is 0.322. The minimum absolute atomic E-state index is 0.322. The molecular weight excluding hydrogens is 314 g/mol. The second-order valence-corrected chi connectivity index (χ2v) is 6.41. The molecule has 116 valence electrons. The highest BCUT2D eigenvalue weighted by molar-refractivity contribution is 7.14. The van der Waals surface area contributed by atoms with Crippen LogP contribution in [-0.2, 0) is 0 Å². The molecular formula is C21H15NOS. The molecule has 0 aliphatic heterocycles. The molecule has 0 spiro atoms. The van der Waals surface area contributed by atoms with E-state index in [1.54, 1.807) is 6.07 Å². The maximum Gasteiger partial charge on any atom is 0.134 e. The van der Waals surface area contributed by atoms with Gasteiger partial charge in [-0.2, -0.15) is 0 Å². The van der Waals surface area contributed by atoms with Crippen LogP contribution < -0.4 is 0 Å². The van der Waals surface area contributed by atoms with Gasteiger partial charge in [0, 0.05) is 11.1 Å². The molecule has 24 heavy (non-hydrogen) atoms. The fraction of sp³-hybridized carbons (Fsp3) is 0. The Morgan fingerprint density at radius 2 is 1.33 bits per heavy atom. The van der Waals surface area contributed by atoms with Crippen LogP contribution in [0, 0.1) is 0 Å². The third kappa shape index (κ3) is 2.82. The number of aromatic nitrogens is 1. The van der Waals surface area contributed by atoms with Gasteiger partial charge in [-0.15, -0.1) is 11.3 Å². The number of rotatable bonds is 3. The van der Waals surface area contributed by atoms with E-state index >= 15 is 0 Å². The van der Waals surface area contributed by atoms with Crippen LogP contribution in [-0.4, -0.2) is 10.1 Å². The summed E-state index contributed by atoms with van der Waals surface area (Å²) in [7, 11) is 0. The van der Waals surface area contributed by atoms with Crippen LogP contribution in [0.25, 0.3) is 33.0 Å². The Hall–Kier alpha value is -2.91. The number of hydrogen-bond acceptors (Lipinski definition) is 3. The Morgan fingerprint density at radius 3 is 2.08 bits per heavy atom. The van der Waals surface area contributed by atoms with Crippen molar-refractivity contribution in [3.8, 4) is 38.7 Å². The normalized spacial score (nSPS) is 10.7. The van der Waals surface area contributed by atoms with E-state index in [9.17, 15) is 5.11 Å². The van der Waals surface area contributed by atoms with Crippen LogP contribution in [0.3, 0.4) is 0 Å². The maximum atomic E-state index is 9.95. The molecule has 0 amide bonds. The van der Waals surface area contributed by atoms with E-state index in [4.69, 9.17) is 4.98 Å². The van der Waals surface area contributed by atoms with E-state index in [0.717, 1.165) is 33.0 Å². The van der Waals surface area contributed by atoms with E-state index < -0.39 is 0 Å². The Labute approximate surface area is 144 Å². The third-order valence-corrected chi connectivity index (χ3v) is 4.84. The SMILES string of the molecule is Oc1ccsc1-c1cccc(-c2cccc(-c3ccccc3)n2)c1. The van der Waals surface area contributed by atoms with Crippen LogP contribution in [0.1, 0.15) is 0 Å². The van der Waals surface area contributed by atoms with Crippen LogP contribution in [0.4, 0.5) is 0 Å².